The minimum absolute atomic E-state index is 0.0840. The molecule has 0 unspecified atom stereocenters. The quantitative estimate of drug-likeness (QED) is 0.824. The predicted octanol–water partition coefficient (Wildman–Crippen LogP) is 1.57. The fourth-order valence-corrected chi connectivity index (χ4v) is 1.79. The Hall–Kier alpha value is -1.56. The Morgan fingerprint density at radius 2 is 2.11 bits per heavy atom. The summed E-state index contributed by atoms with van der Waals surface area (Å²) in [4.78, 5) is 21.6. The standard InChI is InChI=1S/C12H14FNO3S/c1-8-2-3-9(4-10(8)13)5-14-11(15)6-18-7-12(16)17/h2-4H,5-7H2,1H3,(H,14,15)(H,16,17). The van der Waals surface area contributed by atoms with Crippen molar-refractivity contribution in [1.82, 2.24) is 5.32 Å². The number of thioether (sulfide) groups is 1. The highest BCUT2D eigenvalue weighted by Crippen LogP contribution is 2.09. The first-order valence-electron chi connectivity index (χ1n) is 5.30. The molecule has 4 nitrogen and oxygen atoms in total. The molecule has 0 radical (unpaired) electrons. The topological polar surface area (TPSA) is 66.4 Å². The van der Waals surface area contributed by atoms with Crippen molar-refractivity contribution in [2.45, 2.75) is 13.5 Å². The second-order valence-electron chi connectivity index (χ2n) is 3.75. The maximum absolute atomic E-state index is 13.2. The second-order valence-corrected chi connectivity index (χ2v) is 4.73. The van der Waals surface area contributed by atoms with Crippen LogP contribution in [0.2, 0.25) is 0 Å². The molecule has 0 aliphatic rings. The van der Waals surface area contributed by atoms with Crippen LogP contribution in [0.1, 0.15) is 11.1 Å². The van der Waals surface area contributed by atoms with Gasteiger partial charge in [0.1, 0.15) is 5.82 Å². The van der Waals surface area contributed by atoms with Gasteiger partial charge < -0.3 is 10.4 Å². The number of halogens is 1. The summed E-state index contributed by atoms with van der Waals surface area (Å²) >= 11 is 1.02. The van der Waals surface area contributed by atoms with Crippen molar-refractivity contribution in [3.8, 4) is 0 Å². The average molecular weight is 271 g/mol. The molecule has 0 spiro atoms. The third-order valence-electron chi connectivity index (χ3n) is 2.18. The maximum Gasteiger partial charge on any atom is 0.313 e. The zero-order valence-electron chi connectivity index (χ0n) is 9.90. The summed E-state index contributed by atoms with van der Waals surface area (Å²) in [6, 6.07) is 4.76. The van der Waals surface area contributed by atoms with Gasteiger partial charge in [-0.25, -0.2) is 4.39 Å². The molecule has 1 amide bonds. The minimum Gasteiger partial charge on any atom is -0.481 e. The van der Waals surface area contributed by atoms with Crippen LogP contribution in [-0.4, -0.2) is 28.5 Å². The van der Waals surface area contributed by atoms with E-state index < -0.39 is 5.97 Å². The summed E-state index contributed by atoms with van der Waals surface area (Å²) < 4.78 is 13.2. The molecule has 1 rings (SSSR count). The lowest BCUT2D eigenvalue weighted by molar-refractivity contribution is -0.133. The lowest BCUT2D eigenvalue weighted by Gasteiger charge is -2.05. The summed E-state index contributed by atoms with van der Waals surface area (Å²) in [5, 5.41) is 11.0. The molecule has 0 bridgehead atoms. The fourth-order valence-electron chi connectivity index (χ4n) is 1.23. The van der Waals surface area contributed by atoms with Gasteiger partial charge in [0.2, 0.25) is 5.91 Å². The second kappa shape index (κ2) is 7.00. The van der Waals surface area contributed by atoms with Crippen LogP contribution in [0, 0.1) is 12.7 Å². The van der Waals surface area contributed by atoms with Crippen LogP contribution in [0.4, 0.5) is 4.39 Å². The van der Waals surface area contributed by atoms with Crippen LogP contribution >= 0.6 is 11.8 Å². The molecule has 18 heavy (non-hydrogen) atoms. The van der Waals surface area contributed by atoms with Crippen LogP contribution in [0.3, 0.4) is 0 Å². The number of hydrogen-bond acceptors (Lipinski definition) is 3. The van der Waals surface area contributed by atoms with Gasteiger partial charge in [-0.1, -0.05) is 12.1 Å². The normalized spacial score (nSPS) is 10.1. The number of rotatable bonds is 6. The summed E-state index contributed by atoms with van der Waals surface area (Å²) in [6.45, 7) is 1.91. The monoisotopic (exact) mass is 271 g/mol. The van der Waals surface area contributed by atoms with Crippen molar-refractivity contribution in [1.29, 1.82) is 0 Å². The summed E-state index contributed by atoms with van der Waals surface area (Å²) in [7, 11) is 0. The Morgan fingerprint density at radius 1 is 1.39 bits per heavy atom. The van der Waals surface area contributed by atoms with E-state index in [9.17, 15) is 14.0 Å². The number of carboxylic acid groups (broad SMARTS) is 1. The van der Waals surface area contributed by atoms with E-state index in [0.717, 1.165) is 11.8 Å². The smallest absolute Gasteiger partial charge is 0.313 e. The number of benzene rings is 1. The molecule has 0 heterocycles. The lowest BCUT2D eigenvalue weighted by Crippen LogP contribution is -2.25. The van der Waals surface area contributed by atoms with Crippen molar-refractivity contribution in [2.75, 3.05) is 11.5 Å². The molecule has 0 aliphatic heterocycles. The van der Waals surface area contributed by atoms with E-state index >= 15 is 0 Å². The maximum atomic E-state index is 13.2. The molecule has 0 saturated heterocycles. The van der Waals surface area contributed by atoms with E-state index in [1.165, 1.54) is 6.07 Å². The lowest BCUT2D eigenvalue weighted by atomic mass is 10.1. The van der Waals surface area contributed by atoms with Crippen LogP contribution in [-0.2, 0) is 16.1 Å². The number of aryl methyl sites for hydroxylation is 1. The molecule has 2 N–H and O–H groups in total. The van der Waals surface area contributed by atoms with Gasteiger partial charge in [-0.3, -0.25) is 9.59 Å². The highest BCUT2D eigenvalue weighted by molar-refractivity contribution is 8.00. The largest absolute Gasteiger partial charge is 0.481 e. The Balaban J connectivity index is 2.33. The number of aliphatic carboxylic acids is 1. The minimum atomic E-state index is -0.951. The molecule has 0 atom stereocenters. The predicted molar refractivity (Wildman–Crippen MR) is 67.9 cm³/mol. The van der Waals surface area contributed by atoms with E-state index in [4.69, 9.17) is 5.11 Å². The molecule has 0 aliphatic carbocycles. The third-order valence-corrected chi connectivity index (χ3v) is 3.10. The number of carbonyl (C=O) groups is 2. The van der Waals surface area contributed by atoms with Gasteiger partial charge in [0.15, 0.2) is 0 Å². The highest BCUT2D eigenvalue weighted by Gasteiger charge is 2.05. The molecule has 98 valence electrons. The van der Waals surface area contributed by atoms with Crippen molar-refractivity contribution in [3.63, 3.8) is 0 Å². The number of carbonyl (C=O) groups excluding carboxylic acids is 1. The molecule has 0 saturated carbocycles. The first-order valence-corrected chi connectivity index (χ1v) is 6.46. The Bertz CT molecular complexity index is 451. The molecule has 1 aromatic rings. The van der Waals surface area contributed by atoms with Gasteiger partial charge in [0, 0.05) is 6.54 Å². The molecule has 0 fully saturated rings. The first-order chi connectivity index (χ1) is 8.49. The van der Waals surface area contributed by atoms with Crippen molar-refractivity contribution < 1.29 is 19.1 Å². The van der Waals surface area contributed by atoms with E-state index in [1.807, 2.05) is 0 Å². The van der Waals surface area contributed by atoms with E-state index in [2.05, 4.69) is 5.32 Å². The highest BCUT2D eigenvalue weighted by atomic mass is 32.2. The van der Waals surface area contributed by atoms with Crippen LogP contribution in [0.25, 0.3) is 0 Å². The average Bonchev–Trinajstić information content (AvgIpc) is 2.30. The SMILES string of the molecule is Cc1ccc(CNC(=O)CSCC(=O)O)cc1F. The van der Waals surface area contributed by atoms with Crippen molar-refractivity contribution >= 4 is 23.6 Å². The van der Waals surface area contributed by atoms with Gasteiger partial charge in [0.05, 0.1) is 11.5 Å². The van der Waals surface area contributed by atoms with E-state index in [1.54, 1.807) is 19.1 Å². The van der Waals surface area contributed by atoms with Crippen LogP contribution in [0.5, 0.6) is 0 Å². The molecule has 6 heteroatoms. The van der Waals surface area contributed by atoms with E-state index in [-0.39, 0.29) is 29.8 Å². The molecule has 0 aromatic heterocycles. The Morgan fingerprint density at radius 3 is 2.72 bits per heavy atom. The fraction of sp³-hybridized carbons (Fsp3) is 0.333. The van der Waals surface area contributed by atoms with Gasteiger partial charge >= 0.3 is 5.97 Å². The van der Waals surface area contributed by atoms with Gasteiger partial charge in [-0.15, -0.1) is 11.8 Å². The van der Waals surface area contributed by atoms with Crippen LogP contribution in [0.15, 0.2) is 18.2 Å². The molecular formula is C12H14FNO3S. The summed E-state index contributed by atoms with van der Waals surface area (Å²) in [6.07, 6.45) is 0. The van der Waals surface area contributed by atoms with E-state index in [0.29, 0.717) is 11.1 Å². The molecule has 1 aromatic carbocycles. The van der Waals surface area contributed by atoms with Crippen molar-refractivity contribution in [2.24, 2.45) is 0 Å². The zero-order chi connectivity index (χ0) is 13.5. The summed E-state index contributed by atoms with van der Waals surface area (Å²) in [5.41, 5.74) is 1.23. The zero-order valence-corrected chi connectivity index (χ0v) is 10.7. The van der Waals surface area contributed by atoms with Gasteiger partial charge in [-0.2, -0.15) is 0 Å². The van der Waals surface area contributed by atoms with Crippen LogP contribution < -0.4 is 5.32 Å². The number of nitrogens with one attached hydrogen (secondary N) is 1. The Labute approximate surface area is 109 Å². The van der Waals surface area contributed by atoms with Gasteiger partial charge in [-0.05, 0) is 24.1 Å². The third kappa shape index (κ3) is 5.18. The number of hydrogen-bond donors (Lipinski definition) is 2. The first kappa shape index (κ1) is 14.5. The number of carboxylic acids is 1. The number of amides is 1. The van der Waals surface area contributed by atoms with Crippen molar-refractivity contribution in [3.05, 3.63) is 35.1 Å². The van der Waals surface area contributed by atoms with Gasteiger partial charge in [0.25, 0.3) is 0 Å². The molecular weight excluding hydrogens is 257 g/mol. The Kier molecular flexibility index (Phi) is 5.64. The summed E-state index contributed by atoms with van der Waals surface area (Å²) in [5.74, 6) is -1.54.